The molecule has 0 spiro atoms. The molecule has 0 aromatic heterocycles. The first-order chi connectivity index (χ1) is 9.54. The molecule has 3 nitrogen and oxygen atoms in total. The van der Waals surface area contributed by atoms with Gasteiger partial charge in [0.25, 0.3) is 0 Å². The lowest BCUT2D eigenvalue weighted by molar-refractivity contribution is -0.113. The maximum Gasteiger partial charge on any atom is 0.234 e. The lowest BCUT2D eigenvalue weighted by Gasteiger charge is -2.08. The number of thioether (sulfide) groups is 1. The molecule has 0 saturated heterocycles. The van der Waals surface area contributed by atoms with Gasteiger partial charge in [0.1, 0.15) is 0 Å². The number of carbonyl (C=O) groups is 1. The molecule has 0 fully saturated rings. The summed E-state index contributed by atoms with van der Waals surface area (Å²) < 4.78 is 0. The van der Waals surface area contributed by atoms with E-state index in [0.717, 1.165) is 10.6 Å². The summed E-state index contributed by atoms with van der Waals surface area (Å²) in [5.41, 5.74) is 9.65. The van der Waals surface area contributed by atoms with E-state index in [1.54, 1.807) is 0 Å². The van der Waals surface area contributed by atoms with Crippen molar-refractivity contribution in [1.82, 2.24) is 0 Å². The Morgan fingerprint density at radius 1 is 1.15 bits per heavy atom. The number of nitrogen functional groups attached to an aromatic ring is 1. The highest BCUT2D eigenvalue weighted by atomic mass is 32.2. The third-order valence-corrected chi connectivity index (χ3v) is 4.01. The average molecular weight is 286 g/mol. The van der Waals surface area contributed by atoms with E-state index in [2.05, 4.69) is 12.2 Å². The van der Waals surface area contributed by atoms with Crippen LogP contribution < -0.4 is 11.1 Å². The molecule has 0 bridgehead atoms. The van der Waals surface area contributed by atoms with Crippen molar-refractivity contribution in [3.05, 3.63) is 53.6 Å². The summed E-state index contributed by atoms with van der Waals surface area (Å²) in [4.78, 5) is 12.9. The van der Waals surface area contributed by atoms with Crippen molar-refractivity contribution in [2.45, 2.75) is 18.7 Å². The topological polar surface area (TPSA) is 55.1 Å². The molecule has 4 heteroatoms. The standard InChI is InChI=1S/C16H18N2OS/c1-11-6-7-14(8-12(11)2)18-16(19)10-20-15-5-3-4-13(17)9-15/h3-9H,10,17H2,1-2H3,(H,18,19). The third-order valence-electron chi connectivity index (χ3n) is 3.02. The predicted molar refractivity (Wildman–Crippen MR) is 86.1 cm³/mol. The number of hydrogen-bond acceptors (Lipinski definition) is 3. The van der Waals surface area contributed by atoms with E-state index in [4.69, 9.17) is 5.73 Å². The molecule has 0 atom stereocenters. The number of nitrogens with one attached hydrogen (secondary N) is 1. The highest BCUT2D eigenvalue weighted by molar-refractivity contribution is 8.00. The number of anilines is 2. The molecule has 0 aliphatic carbocycles. The number of carbonyl (C=O) groups excluding carboxylic acids is 1. The van der Waals surface area contributed by atoms with Gasteiger partial charge < -0.3 is 11.1 Å². The molecule has 0 aliphatic heterocycles. The van der Waals surface area contributed by atoms with Crippen LogP contribution in [0.3, 0.4) is 0 Å². The van der Waals surface area contributed by atoms with Crippen LogP contribution in [0.15, 0.2) is 47.4 Å². The number of hydrogen-bond donors (Lipinski definition) is 2. The van der Waals surface area contributed by atoms with Gasteiger partial charge in [-0.1, -0.05) is 12.1 Å². The fourth-order valence-corrected chi connectivity index (χ4v) is 2.53. The van der Waals surface area contributed by atoms with Crippen LogP contribution in [-0.2, 0) is 4.79 Å². The lowest BCUT2D eigenvalue weighted by atomic mass is 10.1. The second kappa shape index (κ2) is 6.48. The van der Waals surface area contributed by atoms with E-state index in [1.807, 2.05) is 49.4 Å². The van der Waals surface area contributed by atoms with E-state index in [1.165, 1.54) is 22.9 Å². The number of aryl methyl sites for hydroxylation is 2. The maximum absolute atomic E-state index is 11.9. The van der Waals surface area contributed by atoms with Gasteiger partial charge in [-0.15, -0.1) is 11.8 Å². The Kier molecular flexibility index (Phi) is 4.69. The van der Waals surface area contributed by atoms with Crippen LogP contribution in [0.4, 0.5) is 11.4 Å². The van der Waals surface area contributed by atoms with Gasteiger partial charge in [0.15, 0.2) is 0 Å². The molecule has 0 unspecified atom stereocenters. The number of rotatable bonds is 4. The Hall–Kier alpha value is -1.94. The molecular formula is C16H18N2OS. The van der Waals surface area contributed by atoms with Crippen molar-refractivity contribution in [1.29, 1.82) is 0 Å². The fourth-order valence-electron chi connectivity index (χ4n) is 1.77. The first-order valence-corrected chi connectivity index (χ1v) is 7.38. The molecule has 0 radical (unpaired) electrons. The Balaban J connectivity index is 1.91. The van der Waals surface area contributed by atoms with Crippen LogP contribution >= 0.6 is 11.8 Å². The van der Waals surface area contributed by atoms with E-state index < -0.39 is 0 Å². The Morgan fingerprint density at radius 3 is 2.65 bits per heavy atom. The van der Waals surface area contributed by atoms with Crippen LogP contribution in [0.1, 0.15) is 11.1 Å². The minimum atomic E-state index is -0.0133. The van der Waals surface area contributed by atoms with Gasteiger partial charge in [-0.25, -0.2) is 0 Å². The number of nitrogens with two attached hydrogens (primary N) is 1. The second-order valence-corrected chi connectivity index (χ2v) is 5.76. The summed E-state index contributed by atoms with van der Waals surface area (Å²) in [7, 11) is 0. The normalized spacial score (nSPS) is 10.3. The van der Waals surface area contributed by atoms with Crippen molar-refractivity contribution in [2.75, 3.05) is 16.8 Å². The summed E-state index contributed by atoms with van der Waals surface area (Å²) in [6.45, 7) is 4.09. The SMILES string of the molecule is Cc1ccc(NC(=O)CSc2cccc(N)c2)cc1C. The summed E-state index contributed by atoms with van der Waals surface area (Å²) in [5, 5.41) is 2.90. The minimum absolute atomic E-state index is 0.0133. The van der Waals surface area contributed by atoms with E-state index >= 15 is 0 Å². The first kappa shape index (κ1) is 14.5. The zero-order valence-electron chi connectivity index (χ0n) is 11.6. The van der Waals surface area contributed by atoms with E-state index in [9.17, 15) is 4.79 Å². The zero-order chi connectivity index (χ0) is 14.5. The van der Waals surface area contributed by atoms with Crippen molar-refractivity contribution >= 4 is 29.0 Å². The quantitative estimate of drug-likeness (QED) is 0.667. The fraction of sp³-hybridized carbons (Fsp3) is 0.188. The Labute approximate surface area is 123 Å². The monoisotopic (exact) mass is 286 g/mol. The van der Waals surface area contributed by atoms with Gasteiger partial charge in [-0.2, -0.15) is 0 Å². The molecule has 0 saturated carbocycles. The maximum atomic E-state index is 11.9. The van der Waals surface area contributed by atoms with Crippen molar-refractivity contribution < 1.29 is 4.79 Å². The summed E-state index contributed by atoms with van der Waals surface area (Å²) in [6.07, 6.45) is 0. The van der Waals surface area contributed by atoms with E-state index in [-0.39, 0.29) is 5.91 Å². The predicted octanol–water partition coefficient (Wildman–Crippen LogP) is 3.62. The average Bonchev–Trinajstić information content (AvgIpc) is 2.41. The molecule has 2 aromatic carbocycles. The molecule has 3 N–H and O–H groups in total. The second-order valence-electron chi connectivity index (χ2n) is 4.71. The molecule has 2 rings (SSSR count). The highest BCUT2D eigenvalue weighted by Crippen LogP contribution is 2.20. The van der Waals surface area contributed by atoms with Crippen molar-refractivity contribution in [3.63, 3.8) is 0 Å². The van der Waals surface area contributed by atoms with Gasteiger partial charge in [0.2, 0.25) is 5.91 Å². The smallest absolute Gasteiger partial charge is 0.234 e. The van der Waals surface area contributed by atoms with Gasteiger partial charge in [0, 0.05) is 16.3 Å². The number of amides is 1. The molecule has 2 aromatic rings. The molecule has 0 aliphatic rings. The van der Waals surface area contributed by atoms with Crippen molar-refractivity contribution in [3.8, 4) is 0 Å². The largest absolute Gasteiger partial charge is 0.399 e. The van der Waals surface area contributed by atoms with Gasteiger partial charge >= 0.3 is 0 Å². The van der Waals surface area contributed by atoms with E-state index in [0.29, 0.717) is 11.4 Å². The van der Waals surface area contributed by atoms with Crippen molar-refractivity contribution in [2.24, 2.45) is 0 Å². The van der Waals surface area contributed by atoms with Crippen LogP contribution in [0, 0.1) is 13.8 Å². The van der Waals surface area contributed by atoms with Gasteiger partial charge in [-0.05, 0) is 55.3 Å². The summed E-state index contributed by atoms with van der Waals surface area (Å²) in [6, 6.07) is 13.5. The van der Waals surface area contributed by atoms with Gasteiger partial charge in [-0.3, -0.25) is 4.79 Å². The van der Waals surface area contributed by atoms with Crippen LogP contribution in [-0.4, -0.2) is 11.7 Å². The first-order valence-electron chi connectivity index (χ1n) is 6.40. The molecule has 1 amide bonds. The van der Waals surface area contributed by atoms with Crippen LogP contribution in [0.2, 0.25) is 0 Å². The minimum Gasteiger partial charge on any atom is -0.399 e. The molecule has 20 heavy (non-hydrogen) atoms. The molecule has 104 valence electrons. The lowest BCUT2D eigenvalue weighted by Crippen LogP contribution is -2.14. The summed E-state index contributed by atoms with van der Waals surface area (Å²) in [5.74, 6) is 0.358. The number of benzene rings is 2. The van der Waals surface area contributed by atoms with Crippen LogP contribution in [0.5, 0.6) is 0 Å². The summed E-state index contributed by atoms with van der Waals surface area (Å²) >= 11 is 1.48. The molecule has 0 heterocycles. The zero-order valence-corrected chi connectivity index (χ0v) is 12.5. The van der Waals surface area contributed by atoms with Gasteiger partial charge in [0.05, 0.1) is 5.75 Å². The Morgan fingerprint density at radius 2 is 1.95 bits per heavy atom. The molecular weight excluding hydrogens is 268 g/mol. The third kappa shape index (κ3) is 4.03. The highest BCUT2D eigenvalue weighted by Gasteiger charge is 2.04. The Bertz CT molecular complexity index is 626. The van der Waals surface area contributed by atoms with Crippen LogP contribution in [0.25, 0.3) is 0 Å².